The van der Waals surface area contributed by atoms with Gasteiger partial charge < -0.3 is 15.5 Å². The van der Waals surface area contributed by atoms with Gasteiger partial charge in [-0.15, -0.1) is 0 Å². The molecule has 134 valence electrons. The number of halogens is 1. The van der Waals surface area contributed by atoms with Gasteiger partial charge in [0, 0.05) is 35.2 Å². The number of amides is 1. The van der Waals surface area contributed by atoms with Crippen LogP contribution >= 0.6 is 11.6 Å². The highest BCUT2D eigenvalue weighted by Crippen LogP contribution is 2.24. The second-order valence-corrected chi connectivity index (χ2v) is 6.39. The van der Waals surface area contributed by atoms with Crippen molar-refractivity contribution in [1.82, 2.24) is 0 Å². The van der Waals surface area contributed by atoms with E-state index >= 15 is 0 Å². The molecule has 4 nitrogen and oxygen atoms in total. The van der Waals surface area contributed by atoms with E-state index in [1.54, 1.807) is 0 Å². The number of hydrogen-bond donors (Lipinski definition) is 2. The summed E-state index contributed by atoms with van der Waals surface area (Å²) in [6.45, 7) is 10.4. The van der Waals surface area contributed by atoms with Crippen LogP contribution in [-0.2, 0) is 4.79 Å². The molecule has 0 saturated heterocycles. The van der Waals surface area contributed by atoms with Crippen molar-refractivity contribution < 1.29 is 4.79 Å². The van der Waals surface area contributed by atoms with Crippen molar-refractivity contribution in [1.29, 1.82) is 0 Å². The Morgan fingerprint density at radius 1 is 1.08 bits per heavy atom. The van der Waals surface area contributed by atoms with Gasteiger partial charge in [-0.05, 0) is 69.2 Å². The topological polar surface area (TPSA) is 44.4 Å². The zero-order chi connectivity index (χ0) is 18.4. The van der Waals surface area contributed by atoms with Crippen molar-refractivity contribution in [3.63, 3.8) is 0 Å². The molecule has 0 aromatic heterocycles. The fraction of sp³-hybridized carbons (Fsp3) is 0.350. The van der Waals surface area contributed by atoms with E-state index in [9.17, 15) is 4.79 Å². The van der Waals surface area contributed by atoms with Gasteiger partial charge >= 0.3 is 0 Å². The second-order valence-electron chi connectivity index (χ2n) is 5.99. The monoisotopic (exact) mass is 359 g/mol. The highest BCUT2D eigenvalue weighted by molar-refractivity contribution is 6.31. The average molecular weight is 360 g/mol. The molecule has 0 fully saturated rings. The summed E-state index contributed by atoms with van der Waals surface area (Å²) < 4.78 is 0. The Morgan fingerprint density at radius 3 is 2.44 bits per heavy atom. The first-order valence-corrected chi connectivity index (χ1v) is 8.98. The molecular formula is C20H26ClN3O. The third-order valence-corrected chi connectivity index (χ3v) is 4.73. The van der Waals surface area contributed by atoms with Crippen LogP contribution in [0.15, 0.2) is 36.4 Å². The standard InChI is InChI=1S/C20H26ClN3O/c1-5-24(6-2)16-10-11-18(14(3)12-16)22-13-20(25)23-19-9-7-8-17(21)15(19)4/h7-12,22H,5-6,13H2,1-4H3,(H,23,25). The Balaban J connectivity index is 1.99. The Hall–Kier alpha value is -2.20. The number of carbonyl (C=O) groups is 1. The van der Waals surface area contributed by atoms with Crippen molar-refractivity contribution in [3.8, 4) is 0 Å². The van der Waals surface area contributed by atoms with Gasteiger partial charge in [0.1, 0.15) is 0 Å². The number of nitrogens with one attached hydrogen (secondary N) is 2. The number of hydrogen-bond acceptors (Lipinski definition) is 3. The number of aryl methyl sites for hydroxylation is 1. The summed E-state index contributed by atoms with van der Waals surface area (Å²) >= 11 is 6.08. The van der Waals surface area contributed by atoms with Crippen LogP contribution < -0.4 is 15.5 Å². The van der Waals surface area contributed by atoms with E-state index in [0.29, 0.717) is 5.02 Å². The smallest absolute Gasteiger partial charge is 0.243 e. The van der Waals surface area contributed by atoms with Crippen LogP contribution in [0.25, 0.3) is 0 Å². The van der Waals surface area contributed by atoms with Crippen LogP contribution in [0.1, 0.15) is 25.0 Å². The van der Waals surface area contributed by atoms with Crippen molar-refractivity contribution in [3.05, 3.63) is 52.5 Å². The lowest BCUT2D eigenvalue weighted by molar-refractivity contribution is -0.114. The average Bonchev–Trinajstić information content (AvgIpc) is 2.59. The molecule has 0 atom stereocenters. The van der Waals surface area contributed by atoms with Gasteiger partial charge in [-0.3, -0.25) is 4.79 Å². The Bertz CT molecular complexity index is 742. The van der Waals surface area contributed by atoms with Crippen LogP contribution in [-0.4, -0.2) is 25.5 Å². The molecule has 0 aliphatic heterocycles. The summed E-state index contributed by atoms with van der Waals surface area (Å²) in [4.78, 5) is 14.5. The maximum Gasteiger partial charge on any atom is 0.243 e. The molecule has 5 heteroatoms. The lowest BCUT2D eigenvalue weighted by Gasteiger charge is -2.22. The van der Waals surface area contributed by atoms with E-state index in [2.05, 4.69) is 41.5 Å². The number of carbonyl (C=O) groups excluding carboxylic acids is 1. The molecule has 2 aromatic rings. The molecule has 2 rings (SSSR count). The van der Waals surface area contributed by atoms with Gasteiger partial charge in [0.05, 0.1) is 6.54 Å². The third kappa shape index (κ3) is 4.89. The normalized spacial score (nSPS) is 10.4. The zero-order valence-corrected chi connectivity index (χ0v) is 16.1. The first-order chi connectivity index (χ1) is 12.0. The molecule has 0 unspecified atom stereocenters. The first kappa shape index (κ1) is 19.1. The largest absolute Gasteiger partial charge is 0.376 e. The van der Waals surface area contributed by atoms with Crippen molar-refractivity contribution >= 4 is 34.6 Å². The number of anilines is 3. The molecule has 0 aliphatic rings. The maximum atomic E-state index is 12.2. The summed E-state index contributed by atoms with van der Waals surface area (Å²) in [5.74, 6) is -0.0995. The van der Waals surface area contributed by atoms with Crippen LogP contribution in [0.2, 0.25) is 5.02 Å². The quantitative estimate of drug-likeness (QED) is 0.742. The molecule has 0 bridgehead atoms. The summed E-state index contributed by atoms with van der Waals surface area (Å²) in [5.41, 5.74) is 4.90. The van der Waals surface area contributed by atoms with E-state index in [4.69, 9.17) is 11.6 Å². The SMILES string of the molecule is CCN(CC)c1ccc(NCC(=O)Nc2cccc(Cl)c2C)c(C)c1. The molecule has 1 amide bonds. The van der Waals surface area contributed by atoms with Crippen molar-refractivity contribution in [2.24, 2.45) is 0 Å². The summed E-state index contributed by atoms with van der Waals surface area (Å²) in [5, 5.41) is 6.75. The number of rotatable bonds is 7. The number of benzene rings is 2. The van der Waals surface area contributed by atoms with Crippen LogP contribution in [0.5, 0.6) is 0 Å². The number of nitrogens with zero attached hydrogens (tertiary/aromatic N) is 1. The van der Waals surface area contributed by atoms with Gasteiger partial charge in [0.25, 0.3) is 0 Å². The predicted molar refractivity (Wildman–Crippen MR) is 108 cm³/mol. The van der Waals surface area contributed by atoms with Gasteiger partial charge in [-0.1, -0.05) is 17.7 Å². The van der Waals surface area contributed by atoms with Gasteiger partial charge in [-0.25, -0.2) is 0 Å². The minimum Gasteiger partial charge on any atom is -0.376 e. The van der Waals surface area contributed by atoms with Crippen molar-refractivity contribution in [2.45, 2.75) is 27.7 Å². The Labute approximate surface area is 155 Å². The van der Waals surface area contributed by atoms with Gasteiger partial charge in [-0.2, -0.15) is 0 Å². The van der Waals surface area contributed by atoms with E-state index in [1.807, 2.05) is 38.1 Å². The molecule has 2 N–H and O–H groups in total. The van der Waals surface area contributed by atoms with Crippen LogP contribution in [0.3, 0.4) is 0 Å². The molecule has 0 spiro atoms. The maximum absolute atomic E-state index is 12.2. The summed E-state index contributed by atoms with van der Waals surface area (Å²) in [6, 6.07) is 11.7. The highest BCUT2D eigenvalue weighted by atomic mass is 35.5. The van der Waals surface area contributed by atoms with Crippen LogP contribution in [0.4, 0.5) is 17.1 Å². The molecule has 0 saturated carbocycles. The molecular weight excluding hydrogens is 334 g/mol. The minimum atomic E-state index is -0.0995. The fourth-order valence-corrected chi connectivity index (χ4v) is 2.92. The van der Waals surface area contributed by atoms with Gasteiger partial charge in [0.2, 0.25) is 5.91 Å². The Kier molecular flexibility index (Phi) is 6.71. The summed E-state index contributed by atoms with van der Waals surface area (Å²) in [7, 11) is 0. The van der Waals surface area contributed by atoms with E-state index in [0.717, 1.165) is 35.6 Å². The van der Waals surface area contributed by atoms with Gasteiger partial charge in [0.15, 0.2) is 0 Å². The van der Waals surface area contributed by atoms with Crippen molar-refractivity contribution in [2.75, 3.05) is 35.2 Å². The molecule has 0 heterocycles. The lowest BCUT2D eigenvalue weighted by atomic mass is 10.1. The van der Waals surface area contributed by atoms with E-state index in [-0.39, 0.29) is 12.5 Å². The molecule has 0 radical (unpaired) electrons. The fourth-order valence-electron chi connectivity index (χ4n) is 2.74. The lowest BCUT2D eigenvalue weighted by Crippen LogP contribution is -2.23. The minimum absolute atomic E-state index is 0.0995. The molecule has 0 aliphatic carbocycles. The van der Waals surface area contributed by atoms with E-state index in [1.165, 1.54) is 5.69 Å². The van der Waals surface area contributed by atoms with Crippen LogP contribution in [0, 0.1) is 13.8 Å². The molecule has 2 aromatic carbocycles. The zero-order valence-electron chi connectivity index (χ0n) is 15.3. The molecule has 25 heavy (non-hydrogen) atoms. The Morgan fingerprint density at radius 2 is 1.80 bits per heavy atom. The first-order valence-electron chi connectivity index (χ1n) is 8.60. The predicted octanol–water partition coefficient (Wildman–Crippen LogP) is 4.85. The second kappa shape index (κ2) is 8.77. The summed E-state index contributed by atoms with van der Waals surface area (Å²) in [6.07, 6.45) is 0. The third-order valence-electron chi connectivity index (χ3n) is 4.32. The van der Waals surface area contributed by atoms with E-state index < -0.39 is 0 Å². The highest BCUT2D eigenvalue weighted by Gasteiger charge is 2.09.